The van der Waals surface area contributed by atoms with Gasteiger partial charge in [0.05, 0.1) is 11.3 Å². The van der Waals surface area contributed by atoms with Crippen molar-refractivity contribution in [1.29, 1.82) is 0 Å². The molecule has 1 heterocycles. The summed E-state index contributed by atoms with van der Waals surface area (Å²) in [6.07, 6.45) is 1.18. The van der Waals surface area contributed by atoms with Crippen molar-refractivity contribution in [2.24, 2.45) is 0 Å². The number of phenolic OH excluding ortho intramolecular Hbond substituents is 1. The summed E-state index contributed by atoms with van der Waals surface area (Å²) in [6, 6.07) is 6.37. The van der Waals surface area contributed by atoms with Gasteiger partial charge in [0.1, 0.15) is 11.6 Å². The highest BCUT2D eigenvalue weighted by Gasteiger charge is 2.06. The normalized spacial score (nSPS) is 10.2. The summed E-state index contributed by atoms with van der Waals surface area (Å²) in [5.74, 6) is -1.86. The Morgan fingerprint density at radius 2 is 2.00 bits per heavy atom. The molecule has 0 aliphatic rings. The van der Waals surface area contributed by atoms with E-state index in [1.807, 2.05) is 0 Å². The number of carbonyl (C=O) groups is 1. The van der Waals surface area contributed by atoms with Crippen LogP contribution < -0.4 is 0 Å². The van der Waals surface area contributed by atoms with Gasteiger partial charge >= 0.3 is 5.97 Å². The van der Waals surface area contributed by atoms with Gasteiger partial charge in [-0.1, -0.05) is 0 Å². The van der Waals surface area contributed by atoms with Crippen LogP contribution in [0.3, 0.4) is 0 Å². The molecule has 1 aromatic heterocycles. The second kappa shape index (κ2) is 4.21. The van der Waals surface area contributed by atoms with E-state index >= 15 is 0 Å². The average molecular weight is 233 g/mol. The second-order valence-electron chi connectivity index (χ2n) is 3.44. The molecule has 0 atom stereocenters. The third-order valence-electron chi connectivity index (χ3n) is 2.19. The molecule has 0 aliphatic heterocycles. The molecular formula is C12H8FNO3. The predicted octanol–water partition coefficient (Wildman–Crippen LogP) is 2.29. The van der Waals surface area contributed by atoms with Gasteiger partial charge in [0, 0.05) is 17.8 Å². The standard InChI is InChI=1S/C12H8FNO3/c13-9-3-8(4-10(15)5-9)11-2-1-7(6-14-11)12(16)17/h1-6,15H,(H,16,17). The smallest absolute Gasteiger partial charge is 0.337 e. The number of aromatic nitrogens is 1. The van der Waals surface area contributed by atoms with E-state index in [1.165, 1.54) is 30.5 Å². The highest BCUT2D eigenvalue weighted by Crippen LogP contribution is 2.23. The molecule has 0 spiro atoms. The lowest BCUT2D eigenvalue weighted by molar-refractivity contribution is 0.0696. The lowest BCUT2D eigenvalue weighted by Gasteiger charge is -2.02. The Kier molecular flexibility index (Phi) is 2.74. The Morgan fingerprint density at radius 1 is 1.24 bits per heavy atom. The summed E-state index contributed by atoms with van der Waals surface area (Å²) in [5, 5.41) is 17.9. The number of benzene rings is 1. The number of nitrogens with zero attached hydrogens (tertiary/aromatic N) is 1. The van der Waals surface area contributed by atoms with E-state index in [0.29, 0.717) is 11.3 Å². The zero-order valence-corrected chi connectivity index (χ0v) is 8.59. The number of phenols is 1. The number of carboxylic acid groups (broad SMARTS) is 1. The molecule has 0 saturated carbocycles. The van der Waals surface area contributed by atoms with Gasteiger partial charge in [-0.15, -0.1) is 0 Å². The highest BCUT2D eigenvalue weighted by molar-refractivity contribution is 5.87. The molecule has 0 saturated heterocycles. The minimum atomic E-state index is -1.08. The fourth-order valence-electron chi connectivity index (χ4n) is 1.41. The number of aromatic hydroxyl groups is 1. The number of hydrogen-bond donors (Lipinski definition) is 2. The summed E-state index contributed by atoms with van der Waals surface area (Å²) < 4.78 is 13.0. The number of rotatable bonds is 2. The van der Waals surface area contributed by atoms with Crippen LogP contribution in [-0.2, 0) is 0 Å². The maximum atomic E-state index is 13.0. The third-order valence-corrected chi connectivity index (χ3v) is 2.19. The molecule has 1 aromatic carbocycles. The number of pyridine rings is 1. The first-order valence-corrected chi connectivity index (χ1v) is 4.75. The first-order chi connectivity index (χ1) is 8.06. The predicted molar refractivity (Wildman–Crippen MR) is 58.3 cm³/mol. The van der Waals surface area contributed by atoms with Gasteiger partial charge in [0.25, 0.3) is 0 Å². The van der Waals surface area contributed by atoms with Gasteiger partial charge in [-0.25, -0.2) is 9.18 Å². The third kappa shape index (κ3) is 2.39. The molecule has 17 heavy (non-hydrogen) atoms. The van der Waals surface area contributed by atoms with Gasteiger partial charge < -0.3 is 10.2 Å². The molecule has 0 aliphatic carbocycles. The lowest BCUT2D eigenvalue weighted by atomic mass is 10.1. The molecule has 86 valence electrons. The van der Waals surface area contributed by atoms with Crippen LogP contribution in [0.4, 0.5) is 4.39 Å². The number of carboxylic acids is 1. The van der Waals surface area contributed by atoms with Crippen molar-refractivity contribution in [3.05, 3.63) is 47.9 Å². The number of halogens is 1. The largest absolute Gasteiger partial charge is 0.508 e. The van der Waals surface area contributed by atoms with Gasteiger partial charge in [-0.3, -0.25) is 4.98 Å². The van der Waals surface area contributed by atoms with Crippen LogP contribution in [0.1, 0.15) is 10.4 Å². The van der Waals surface area contributed by atoms with Crippen LogP contribution in [0.25, 0.3) is 11.3 Å². The number of hydrogen-bond acceptors (Lipinski definition) is 3. The van der Waals surface area contributed by atoms with E-state index in [9.17, 15) is 14.3 Å². The lowest BCUT2D eigenvalue weighted by Crippen LogP contribution is -1.97. The summed E-state index contributed by atoms with van der Waals surface area (Å²) >= 11 is 0. The van der Waals surface area contributed by atoms with Gasteiger partial charge in [0.2, 0.25) is 0 Å². The van der Waals surface area contributed by atoms with Gasteiger partial charge in [-0.2, -0.15) is 0 Å². The summed E-state index contributed by atoms with van der Waals surface area (Å²) in [4.78, 5) is 14.5. The molecule has 5 heteroatoms. The quantitative estimate of drug-likeness (QED) is 0.834. The summed E-state index contributed by atoms with van der Waals surface area (Å²) in [5.41, 5.74) is 0.832. The topological polar surface area (TPSA) is 70.4 Å². The van der Waals surface area contributed by atoms with E-state index in [0.717, 1.165) is 6.07 Å². The molecule has 0 amide bonds. The first-order valence-electron chi connectivity index (χ1n) is 4.75. The van der Waals surface area contributed by atoms with Crippen molar-refractivity contribution >= 4 is 5.97 Å². The molecule has 2 aromatic rings. The van der Waals surface area contributed by atoms with E-state index < -0.39 is 11.8 Å². The highest BCUT2D eigenvalue weighted by atomic mass is 19.1. The molecule has 4 nitrogen and oxygen atoms in total. The average Bonchev–Trinajstić information content (AvgIpc) is 2.28. The number of aromatic carboxylic acids is 1. The van der Waals surface area contributed by atoms with Crippen molar-refractivity contribution in [3.8, 4) is 17.0 Å². The molecule has 2 rings (SSSR count). The fraction of sp³-hybridized carbons (Fsp3) is 0. The first kappa shape index (κ1) is 11.1. The SMILES string of the molecule is O=C(O)c1ccc(-c2cc(O)cc(F)c2)nc1. The van der Waals surface area contributed by atoms with E-state index in [4.69, 9.17) is 5.11 Å². The second-order valence-corrected chi connectivity index (χ2v) is 3.44. The maximum absolute atomic E-state index is 13.0. The van der Waals surface area contributed by atoms with Crippen molar-refractivity contribution in [1.82, 2.24) is 4.98 Å². The van der Waals surface area contributed by atoms with Crippen LogP contribution in [0.5, 0.6) is 5.75 Å². The minimum Gasteiger partial charge on any atom is -0.508 e. The summed E-state index contributed by atoms with van der Waals surface area (Å²) in [7, 11) is 0. The van der Waals surface area contributed by atoms with E-state index in [1.54, 1.807) is 0 Å². The van der Waals surface area contributed by atoms with Crippen molar-refractivity contribution in [2.45, 2.75) is 0 Å². The molecular weight excluding hydrogens is 225 g/mol. The molecule has 0 radical (unpaired) electrons. The Morgan fingerprint density at radius 3 is 2.53 bits per heavy atom. The molecule has 0 unspecified atom stereocenters. The Balaban J connectivity index is 2.43. The van der Waals surface area contributed by atoms with E-state index in [-0.39, 0.29) is 11.3 Å². The van der Waals surface area contributed by atoms with Crippen LogP contribution in [-0.4, -0.2) is 21.2 Å². The maximum Gasteiger partial charge on any atom is 0.337 e. The Labute approximate surface area is 96.0 Å². The zero-order chi connectivity index (χ0) is 12.4. The minimum absolute atomic E-state index is 0.0503. The molecule has 0 bridgehead atoms. The van der Waals surface area contributed by atoms with Gasteiger partial charge in [0.15, 0.2) is 0 Å². The van der Waals surface area contributed by atoms with E-state index in [2.05, 4.69) is 4.98 Å². The van der Waals surface area contributed by atoms with Gasteiger partial charge in [-0.05, 0) is 24.3 Å². The van der Waals surface area contributed by atoms with Crippen LogP contribution in [0.15, 0.2) is 36.5 Å². The molecule has 2 N–H and O–H groups in total. The molecule has 0 fully saturated rings. The monoisotopic (exact) mass is 233 g/mol. The van der Waals surface area contributed by atoms with Crippen LogP contribution in [0.2, 0.25) is 0 Å². The zero-order valence-electron chi connectivity index (χ0n) is 8.59. The van der Waals surface area contributed by atoms with Crippen molar-refractivity contribution in [3.63, 3.8) is 0 Å². The van der Waals surface area contributed by atoms with Crippen LogP contribution >= 0.6 is 0 Å². The van der Waals surface area contributed by atoms with Crippen molar-refractivity contribution < 1.29 is 19.4 Å². The van der Waals surface area contributed by atoms with Crippen molar-refractivity contribution in [2.75, 3.05) is 0 Å². The summed E-state index contributed by atoms with van der Waals surface area (Å²) in [6.45, 7) is 0. The Hall–Kier alpha value is -2.43. The van der Waals surface area contributed by atoms with Crippen LogP contribution in [0, 0.1) is 5.82 Å². The Bertz CT molecular complexity index is 546. The fourth-order valence-corrected chi connectivity index (χ4v) is 1.41.